The fourth-order valence-electron chi connectivity index (χ4n) is 3.55. The Labute approximate surface area is 217 Å². The predicted molar refractivity (Wildman–Crippen MR) is 143 cm³/mol. The van der Waals surface area contributed by atoms with Gasteiger partial charge in [0, 0.05) is 29.4 Å². The summed E-state index contributed by atoms with van der Waals surface area (Å²) in [5.74, 6) is -0.479. The van der Waals surface area contributed by atoms with Gasteiger partial charge in [-0.05, 0) is 61.7 Å². The molecule has 0 aliphatic rings. The molecule has 36 heavy (non-hydrogen) atoms. The number of aromatic amines is 1. The molecular formula is C25H24Cl2N6O3. The zero-order valence-electron chi connectivity index (χ0n) is 19.3. The molecule has 0 fully saturated rings. The molecule has 186 valence electrons. The number of fused-ring (bicyclic) bond motifs is 1. The minimum Gasteiger partial charge on any atom is -0.399 e. The van der Waals surface area contributed by atoms with E-state index in [9.17, 15) is 14.4 Å². The van der Waals surface area contributed by atoms with Crippen molar-refractivity contribution >= 4 is 58.2 Å². The van der Waals surface area contributed by atoms with Crippen molar-refractivity contribution < 1.29 is 9.59 Å². The average Bonchev–Trinajstić information content (AvgIpc) is 2.82. The Morgan fingerprint density at radius 2 is 1.92 bits per heavy atom. The number of amides is 2. The van der Waals surface area contributed by atoms with Crippen molar-refractivity contribution in [3.63, 3.8) is 0 Å². The third kappa shape index (κ3) is 6.38. The van der Waals surface area contributed by atoms with E-state index in [4.69, 9.17) is 17.3 Å². The lowest BCUT2D eigenvalue weighted by Gasteiger charge is -2.10. The predicted octanol–water partition coefficient (Wildman–Crippen LogP) is 3.90. The summed E-state index contributed by atoms with van der Waals surface area (Å²) < 4.78 is 0. The standard InChI is InChI=1S/C25H23ClN6O3.ClH/c1-14-29-13-17-11-19(25(35)32-22(17)30-14)24(34)31-21-12-16(7-8-20(21)26)23(33)28-9-3-5-15-4-2-6-18(27)10-15;/h2,4,6-8,10-13H,3,5,9,27H2,1H3,(H,28,33)(H,31,34)(H,29,30,32,35);1H. The van der Waals surface area contributed by atoms with Gasteiger partial charge in [-0.15, -0.1) is 12.4 Å². The van der Waals surface area contributed by atoms with Crippen LogP contribution in [0.2, 0.25) is 5.02 Å². The van der Waals surface area contributed by atoms with Crippen LogP contribution in [0.5, 0.6) is 0 Å². The first-order chi connectivity index (χ1) is 16.8. The minimum absolute atomic E-state index is 0. The van der Waals surface area contributed by atoms with Gasteiger partial charge in [-0.25, -0.2) is 9.97 Å². The molecule has 2 aromatic heterocycles. The molecule has 0 aliphatic carbocycles. The smallest absolute Gasteiger partial charge is 0.262 e. The molecule has 5 N–H and O–H groups in total. The first-order valence-corrected chi connectivity index (χ1v) is 11.3. The largest absolute Gasteiger partial charge is 0.399 e. The molecule has 11 heteroatoms. The molecule has 0 spiro atoms. The maximum Gasteiger partial charge on any atom is 0.262 e. The number of H-pyrrole nitrogens is 1. The number of nitrogens with one attached hydrogen (secondary N) is 3. The topological polar surface area (TPSA) is 143 Å². The van der Waals surface area contributed by atoms with E-state index in [0.717, 1.165) is 18.4 Å². The normalized spacial score (nSPS) is 10.5. The molecular weight excluding hydrogens is 503 g/mol. The van der Waals surface area contributed by atoms with Gasteiger partial charge in [-0.2, -0.15) is 0 Å². The Hall–Kier alpha value is -3.95. The second kappa shape index (κ2) is 11.7. The van der Waals surface area contributed by atoms with E-state index in [0.29, 0.717) is 34.7 Å². The number of halogens is 2. The Balaban J connectivity index is 0.00000361. The number of carbonyl (C=O) groups excluding carboxylic acids is 2. The number of carbonyl (C=O) groups is 2. The number of nitrogens with zero attached hydrogens (tertiary/aromatic N) is 2. The highest BCUT2D eigenvalue weighted by molar-refractivity contribution is 6.34. The molecule has 4 rings (SSSR count). The summed E-state index contributed by atoms with van der Waals surface area (Å²) in [6, 6.07) is 13.6. The monoisotopic (exact) mass is 526 g/mol. The van der Waals surface area contributed by atoms with E-state index in [-0.39, 0.29) is 34.6 Å². The van der Waals surface area contributed by atoms with Crippen LogP contribution in [0, 0.1) is 6.92 Å². The number of anilines is 2. The maximum atomic E-state index is 12.8. The fourth-order valence-corrected chi connectivity index (χ4v) is 3.71. The van der Waals surface area contributed by atoms with Crippen LogP contribution < -0.4 is 21.9 Å². The van der Waals surface area contributed by atoms with E-state index >= 15 is 0 Å². The van der Waals surface area contributed by atoms with Gasteiger partial charge in [0.1, 0.15) is 17.0 Å². The van der Waals surface area contributed by atoms with Crippen LogP contribution in [0.4, 0.5) is 11.4 Å². The van der Waals surface area contributed by atoms with E-state index < -0.39 is 11.5 Å². The SMILES string of the molecule is Cc1ncc2cc(C(=O)Nc3cc(C(=O)NCCCc4cccc(N)c4)ccc3Cl)c(=O)[nH]c2n1.Cl. The Morgan fingerprint density at radius 1 is 1.11 bits per heavy atom. The zero-order chi connectivity index (χ0) is 24.9. The number of aromatic nitrogens is 3. The van der Waals surface area contributed by atoms with Crippen LogP contribution in [0.15, 0.2) is 59.5 Å². The summed E-state index contributed by atoms with van der Waals surface area (Å²) in [7, 11) is 0. The van der Waals surface area contributed by atoms with Crippen LogP contribution in [0.1, 0.15) is 38.5 Å². The molecule has 2 heterocycles. The van der Waals surface area contributed by atoms with Crippen molar-refractivity contribution in [2.75, 3.05) is 17.6 Å². The molecule has 0 radical (unpaired) electrons. The number of nitrogen functional groups attached to an aromatic ring is 1. The van der Waals surface area contributed by atoms with Crippen molar-refractivity contribution in [2.24, 2.45) is 0 Å². The molecule has 0 bridgehead atoms. The summed E-state index contributed by atoms with van der Waals surface area (Å²) in [6.45, 7) is 2.16. The number of nitrogens with two attached hydrogens (primary N) is 1. The molecule has 0 atom stereocenters. The summed E-state index contributed by atoms with van der Waals surface area (Å²) in [6.07, 6.45) is 3.04. The van der Waals surface area contributed by atoms with Crippen LogP contribution in [-0.2, 0) is 6.42 Å². The number of hydrogen-bond acceptors (Lipinski definition) is 6. The van der Waals surface area contributed by atoms with E-state index in [1.165, 1.54) is 24.4 Å². The highest BCUT2D eigenvalue weighted by Crippen LogP contribution is 2.24. The van der Waals surface area contributed by atoms with E-state index in [1.54, 1.807) is 13.0 Å². The molecule has 0 saturated carbocycles. The van der Waals surface area contributed by atoms with Gasteiger partial charge in [0.25, 0.3) is 17.4 Å². The van der Waals surface area contributed by atoms with Crippen molar-refractivity contribution in [2.45, 2.75) is 19.8 Å². The molecule has 0 aliphatic heterocycles. The zero-order valence-corrected chi connectivity index (χ0v) is 20.9. The van der Waals surface area contributed by atoms with Crippen LogP contribution in [0.25, 0.3) is 11.0 Å². The Morgan fingerprint density at radius 3 is 2.69 bits per heavy atom. The van der Waals surface area contributed by atoms with Crippen LogP contribution in [-0.4, -0.2) is 33.3 Å². The third-order valence-electron chi connectivity index (χ3n) is 5.31. The highest BCUT2D eigenvalue weighted by atomic mass is 35.5. The van der Waals surface area contributed by atoms with Gasteiger partial charge in [0.05, 0.1) is 10.7 Å². The molecule has 2 aromatic carbocycles. The second-order valence-electron chi connectivity index (χ2n) is 7.99. The average molecular weight is 527 g/mol. The van der Waals surface area contributed by atoms with Gasteiger partial charge in [-0.1, -0.05) is 23.7 Å². The van der Waals surface area contributed by atoms with Crippen molar-refractivity contribution in [1.82, 2.24) is 20.3 Å². The Bertz CT molecular complexity index is 1490. The molecule has 0 saturated heterocycles. The van der Waals surface area contributed by atoms with Gasteiger partial charge >= 0.3 is 0 Å². The van der Waals surface area contributed by atoms with E-state index in [1.807, 2.05) is 24.3 Å². The summed E-state index contributed by atoms with van der Waals surface area (Å²) in [5, 5.41) is 6.20. The molecule has 4 aromatic rings. The van der Waals surface area contributed by atoms with Crippen LogP contribution in [0.3, 0.4) is 0 Å². The lowest BCUT2D eigenvalue weighted by Crippen LogP contribution is -2.25. The maximum absolute atomic E-state index is 12.8. The van der Waals surface area contributed by atoms with Gasteiger partial charge in [0.15, 0.2) is 0 Å². The van der Waals surface area contributed by atoms with Crippen molar-refractivity contribution in [3.05, 3.63) is 92.6 Å². The van der Waals surface area contributed by atoms with Gasteiger partial charge < -0.3 is 21.4 Å². The minimum atomic E-state index is -0.671. The summed E-state index contributed by atoms with van der Waals surface area (Å²) in [5.41, 5.74) is 7.74. The first kappa shape index (κ1) is 26.7. The number of aryl methyl sites for hydroxylation is 2. The lowest BCUT2D eigenvalue weighted by molar-refractivity contribution is 0.0951. The molecule has 9 nitrogen and oxygen atoms in total. The third-order valence-corrected chi connectivity index (χ3v) is 5.64. The molecule has 0 unspecified atom stereocenters. The van der Waals surface area contributed by atoms with Gasteiger partial charge in [0.2, 0.25) is 0 Å². The van der Waals surface area contributed by atoms with Gasteiger partial charge in [-0.3, -0.25) is 14.4 Å². The highest BCUT2D eigenvalue weighted by Gasteiger charge is 2.16. The second-order valence-corrected chi connectivity index (χ2v) is 8.39. The number of hydrogen-bond donors (Lipinski definition) is 4. The van der Waals surface area contributed by atoms with Crippen LogP contribution >= 0.6 is 24.0 Å². The number of benzene rings is 2. The fraction of sp³-hybridized carbons (Fsp3) is 0.160. The van der Waals surface area contributed by atoms with E-state index in [2.05, 4.69) is 25.6 Å². The van der Waals surface area contributed by atoms with Crippen molar-refractivity contribution in [1.29, 1.82) is 0 Å². The quantitative estimate of drug-likeness (QED) is 0.212. The lowest BCUT2D eigenvalue weighted by atomic mass is 10.1. The van der Waals surface area contributed by atoms with Crippen molar-refractivity contribution in [3.8, 4) is 0 Å². The number of rotatable bonds is 7. The number of pyridine rings is 1. The Kier molecular flexibility index (Phi) is 8.63. The first-order valence-electron chi connectivity index (χ1n) is 10.9. The summed E-state index contributed by atoms with van der Waals surface area (Å²) >= 11 is 6.23. The molecule has 2 amide bonds. The summed E-state index contributed by atoms with van der Waals surface area (Å²) in [4.78, 5) is 48.6.